The average molecular weight is 144 g/mol. The highest BCUT2D eigenvalue weighted by molar-refractivity contribution is 4.92. The van der Waals surface area contributed by atoms with E-state index in [4.69, 9.17) is 15.7 Å². The third kappa shape index (κ3) is 1.70. The van der Waals surface area contributed by atoms with Gasteiger partial charge in [-0.05, 0) is 0 Å². The van der Waals surface area contributed by atoms with E-state index in [0.29, 0.717) is 19.7 Å². The SMILES string of the molecule is C=C(O)[C@H]1CN(N)CCO1. The van der Waals surface area contributed by atoms with Crippen LogP contribution in [0.25, 0.3) is 0 Å². The van der Waals surface area contributed by atoms with Gasteiger partial charge in [-0.15, -0.1) is 0 Å². The number of aliphatic hydroxyl groups excluding tert-OH is 1. The van der Waals surface area contributed by atoms with E-state index in [1.807, 2.05) is 0 Å². The van der Waals surface area contributed by atoms with Crippen molar-refractivity contribution in [1.29, 1.82) is 0 Å². The lowest BCUT2D eigenvalue weighted by Crippen LogP contribution is -2.46. The number of rotatable bonds is 1. The van der Waals surface area contributed by atoms with Crippen molar-refractivity contribution in [2.75, 3.05) is 19.7 Å². The van der Waals surface area contributed by atoms with Crippen LogP contribution < -0.4 is 5.84 Å². The fraction of sp³-hybridized carbons (Fsp3) is 0.667. The zero-order valence-corrected chi connectivity index (χ0v) is 5.79. The van der Waals surface area contributed by atoms with Crippen LogP contribution in [0.15, 0.2) is 12.3 Å². The summed E-state index contributed by atoms with van der Waals surface area (Å²) in [6.45, 7) is 5.15. The number of aliphatic hydroxyl groups is 1. The quantitative estimate of drug-likeness (QED) is 0.389. The number of nitrogens with two attached hydrogens (primary N) is 1. The summed E-state index contributed by atoms with van der Waals surface area (Å²) in [6, 6.07) is 0. The summed E-state index contributed by atoms with van der Waals surface area (Å²) in [7, 11) is 0. The van der Waals surface area contributed by atoms with E-state index in [9.17, 15) is 0 Å². The third-order valence-electron chi connectivity index (χ3n) is 1.47. The average Bonchev–Trinajstić information content (AvgIpc) is 1.88. The van der Waals surface area contributed by atoms with Gasteiger partial charge in [-0.1, -0.05) is 6.58 Å². The van der Waals surface area contributed by atoms with Gasteiger partial charge in [0.2, 0.25) is 0 Å². The van der Waals surface area contributed by atoms with Gasteiger partial charge in [0.25, 0.3) is 0 Å². The van der Waals surface area contributed by atoms with Crippen LogP contribution in [-0.4, -0.2) is 35.9 Å². The Hall–Kier alpha value is -0.580. The monoisotopic (exact) mass is 144 g/mol. The molecule has 1 fully saturated rings. The highest BCUT2D eigenvalue weighted by Gasteiger charge is 2.19. The lowest BCUT2D eigenvalue weighted by Gasteiger charge is -2.28. The van der Waals surface area contributed by atoms with Crippen molar-refractivity contribution in [3.8, 4) is 0 Å². The molecule has 10 heavy (non-hydrogen) atoms. The second-order valence-electron chi connectivity index (χ2n) is 2.35. The van der Waals surface area contributed by atoms with Crippen molar-refractivity contribution in [3.63, 3.8) is 0 Å². The molecule has 1 saturated heterocycles. The molecule has 1 aliphatic heterocycles. The Labute approximate surface area is 59.8 Å². The molecule has 1 aliphatic rings. The first-order valence-corrected chi connectivity index (χ1v) is 3.19. The smallest absolute Gasteiger partial charge is 0.128 e. The Morgan fingerprint density at radius 3 is 2.90 bits per heavy atom. The number of morpholine rings is 1. The maximum atomic E-state index is 8.89. The second kappa shape index (κ2) is 3.01. The summed E-state index contributed by atoms with van der Waals surface area (Å²) in [6.07, 6.45) is -0.307. The summed E-state index contributed by atoms with van der Waals surface area (Å²) < 4.78 is 5.14. The van der Waals surface area contributed by atoms with Crippen molar-refractivity contribution in [1.82, 2.24) is 5.01 Å². The standard InChI is InChI=1S/C6H12N2O2/c1-5(9)6-4-8(7)2-3-10-6/h6,9H,1-4,7H2/t6-/m1/s1. The van der Waals surface area contributed by atoms with Gasteiger partial charge in [-0.3, -0.25) is 5.84 Å². The van der Waals surface area contributed by atoms with Crippen molar-refractivity contribution in [2.45, 2.75) is 6.10 Å². The highest BCUT2D eigenvalue weighted by atomic mass is 16.5. The minimum absolute atomic E-state index is 0.0511. The Bertz CT molecular complexity index is 138. The number of hydrogen-bond acceptors (Lipinski definition) is 4. The van der Waals surface area contributed by atoms with E-state index in [0.717, 1.165) is 0 Å². The second-order valence-corrected chi connectivity index (χ2v) is 2.35. The minimum atomic E-state index is -0.307. The van der Waals surface area contributed by atoms with Crippen molar-refractivity contribution in [2.24, 2.45) is 5.84 Å². The molecule has 0 radical (unpaired) electrons. The molecule has 4 heteroatoms. The molecule has 58 valence electrons. The number of hydrazine groups is 1. The summed E-state index contributed by atoms with van der Waals surface area (Å²) in [4.78, 5) is 0. The molecular formula is C6H12N2O2. The van der Waals surface area contributed by atoms with Gasteiger partial charge in [-0.25, -0.2) is 5.01 Å². The molecule has 0 aromatic heterocycles. The summed E-state index contributed by atoms with van der Waals surface area (Å²) in [5, 5.41) is 10.5. The van der Waals surface area contributed by atoms with Gasteiger partial charge < -0.3 is 9.84 Å². The molecule has 0 amide bonds. The van der Waals surface area contributed by atoms with E-state index in [1.165, 1.54) is 0 Å². The summed E-state index contributed by atoms with van der Waals surface area (Å²) in [5.74, 6) is 5.52. The topological polar surface area (TPSA) is 58.7 Å². The van der Waals surface area contributed by atoms with Crippen LogP contribution in [0.2, 0.25) is 0 Å². The summed E-state index contributed by atoms with van der Waals surface area (Å²) in [5.41, 5.74) is 0. The van der Waals surface area contributed by atoms with Crippen LogP contribution in [-0.2, 0) is 4.74 Å². The maximum Gasteiger partial charge on any atom is 0.128 e. The number of hydrogen-bond donors (Lipinski definition) is 2. The Balaban J connectivity index is 2.39. The lowest BCUT2D eigenvalue weighted by molar-refractivity contribution is -0.0271. The van der Waals surface area contributed by atoms with E-state index in [2.05, 4.69) is 6.58 Å². The first kappa shape index (κ1) is 7.53. The fourth-order valence-electron chi connectivity index (χ4n) is 0.871. The van der Waals surface area contributed by atoms with Crippen LogP contribution in [0, 0.1) is 0 Å². The van der Waals surface area contributed by atoms with Gasteiger partial charge in [-0.2, -0.15) is 0 Å². The number of ether oxygens (including phenoxy) is 1. The molecule has 0 bridgehead atoms. The van der Waals surface area contributed by atoms with Crippen LogP contribution in [0.1, 0.15) is 0 Å². The molecule has 0 aromatic rings. The largest absolute Gasteiger partial charge is 0.510 e. The number of nitrogens with zero attached hydrogens (tertiary/aromatic N) is 1. The Kier molecular flexibility index (Phi) is 2.26. The molecule has 0 aromatic carbocycles. The lowest BCUT2D eigenvalue weighted by atomic mass is 10.3. The third-order valence-corrected chi connectivity index (χ3v) is 1.47. The predicted molar refractivity (Wildman–Crippen MR) is 37.3 cm³/mol. The zero-order valence-electron chi connectivity index (χ0n) is 5.79. The van der Waals surface area contributed by atoms with Crippen LogP contribution >= 0.6 is 0 Å². The zero-order chi connectivity index (χ0) is 7.56. The molecule has 0 saturated carbocycles. The van der Waals surface area contributed by atoms with Gasteiger partial charge in [0.05, 0.1) is 6.61 Å². The normalized spacial score (nSPS) is 28.3. The molecule has 1 atom stereocenters. The van der Waals surface area contributed by atoms with Gasteiger partial charge in [0.15, 0.2) is 0 Å². The van der Waals surface area contributed by atoms with Crippen LogP contribution in [0.3, 0.4) is 0 Å². The molecule has 1 rings (SSSR count). The molecule has 0 unspecified atom stereocenters. The minimum Gasteiger partial charge on any atom is -0.510 e. The van der Waals surface area contributed by atoms with E-state index in [1.54, 1.807) is 5.01 Å². The van der Waals surface area contributed by atoms with Crippen LogP contribution in [0.4, 0.5) is 0 Å². The van der Waals surface area contributed by atoms with Gasteiger partial charge in [0, 0.05) is 13.1 Å². The van der Waals surface area contributed by atoms with E-state index < -0.39 is 0 Å². The Morgan fingerprint density at radius 1 is 1.80 bits per heavy atom. The highest BCUT2D eigenvalue weighted by Crippen LogP contribution is 2.06. The predicted octanol–water partition coefficient (Wildman–Crippen LogP) is -0.367. The van der Waals surface area contributed by atoms with Crippen molar-refractivity contribution >= 4 is 0 Å². The molecule has 3 N–H and O–H groups in total. The molecular weight excluding hydrogens is 132 g/mol. The van der Waals surface area contributed by atoms with E-state index >= 15 is 0 Å². The van der Waals surface area contributed by atoms with Crippen molar-refractivity contribution in [3.05, 3.63) is 12.3 Å². The molecule has 1 heterocycles. The van der Waals surface area contributed by atoms with Crippen molar-refractivity contribution < 1.29 is 9.84 Å². The maximum absolute atomic E-state index is 8.89. The van der Waals surface area contributed by atoms with E-state index in [-0.39, 0.29) is 11.9 Å². The van der Waals surface area contributed by atoms with Gasteiger partial charge in [0.1, 0.15) is 11.9 Å². The molecule has 0 spiro atoms. The molecule has 0 aliphatic carbocycles. The van der Waals surface area contributed by atoms with Gasteiger partial charge >= 0.3 is 0 Å². The Morgan fingerprint density at radius 2 is 2.50 bits per heavy atom. The molecule has 4 nitrogen and oxygen atoms in total. The summed E-state index contributed by atoms with van der Waals surface area (Å²) >= 11 is 0. The van der Waals surface area contributed by atoms with Crippen LogP contribution in [0.5, 0.6) is 0 Å². The first-order valence-electron chi connectivity index (χ1n) is 3.19. The fourth-order valence-corrected chi connectivity index (χ4v) is 0.871. The first-order chi connectivity index (χ1) is 4.70.